The molecule has 21 heavy (non-hydrogen) atoms. The van der Waals surface area contributed by atoms with Crippen LogP contribution < -0.4 is 10.6 Å². The maximum Gasteiger partial charge on any atom is 0.324 e. The summed E-state index contributed by atoms with van der Waals surface area (Å²) in [5, 5.41) is 8.81. The van der Waals surface area contributed by atoms with Crippen LogP contribution >= 0.6 is 0 Å². The number of benzene rings is 1. The lowest BCUT2D eigenvalue weighted by Gasteiger charge is -2.22. The van der Waals surface area contributed by atoms with Crippen LogP contribution in [0.3, 0.4) is 0 Å². The Bertz CT molecular complexity index is 545. The summed E-state index contributed by atoms with van der Waals surface area (Å²) in [6.45, 7) is 5.30. The maximum atomic E-state index is 12.3. The van der Waals surface area contributed by atoms with E-state index in [-0.39, 0.29) is 18.5 Å². The Balaban J connectivity index is 2.18. The van der Waals surface area contributed by atoms with E-state index in [0.29, 0.717) is 13.1 Å². The Labute approximate surface area is 124 Å². The molecule has 1 fully saturated rings. The van der Waals surface area contributed by atoms with Crippen LogP contribution in [0.2, 0.25) is 0 Å². The fraction of sp³-hybridized carbons (Fsp3) is 0.467. The third kappa shape index (κ3) is 3.33. The van der Waals surface area contributed by atoms with E-state index in [0.717, 1.165) is 11.3 Å². The minimum Gasteiger partial charge on any atom is -0.481 e. The predicted octanol–water partition coefficient (Wildman–Crippen LogP) is 1.81. The van der Waals surface area contributed by atoms with Crippen LogP contribution in [0.4, 0.5) is 10.5 Å². The highest BCUT2D eigenvalue weighted by Crippen LogP contribution is 2.25. The van der Waals surface area contributed by atoms with Gasteiger partial charge in [-0.05, 0) is 31.5 Å². The van der Waals surface area contributed by atoms with Gasteiger partial charge in [0.2, 0.25) is 0 Å². The van der Waals surface area contributed by atoms with E-state index in [1.807, 2.05) is 24.8 Å². The van der Waals surface area contributed by atoms with Crippen LogP contribution in [0.1, 0.15) is 31.9 Å². The highest BCUT2D eigenvalue weighted by molar-refractivity contribution is 5.94. The minimum atomic E-state index is -0.934. The van der Waals surface area contributed by atoms with Gasteiger partial charge in [-0.25, -0.2) is 4.79 Å². The van der Waals surface area contributed by atoms with Crippen LogP contribution in [0.5, 0.6) is 0 Å². The molecule has 1 atom stereocenters. The van der Waals surface area contributed by atoms with Crippen LogP contribution in [0.25, 0.3) is 0 Å². The fourth-order valence-electron chi connectivity index (χ4n) is 2.50. The molecular formula is C15H21N3O3. The van der Waals surface area contributed by atoms with Crippen molar-refractivity contribution in [3.05, 3.63) is 29.8 Å². The molecule has 6 nitrogen and oxygen atoms in total. The second-order valence-electron chi connectivity index (χ2n) is 5.52. The summed E-state index contributed by atoms with van der Waals surface area (Å²) < 4.78 is 0. The van der Waals surface area contributed by atoms with Crippen molar-refractivity contribution in [3.63, 3.8) is 0 Å². The van der Waals surface area contributed by atoms with Crippen LogP contribution in [0, 0.1) is 0 Å². The van der Waals surface area contributed by atoms with E-state index in [4.69, 9.17) is 10.8 Å². The lowest BCUT2D eigenvalue weighted by molar-refractivity contribution is -0.137. The number of hydrogen-bond acceptors (Lipinski definition) is 3. The number of aliphatic carboxylic acids is 1. The smallest absolute Gasteiger partial charge is 0.324 e. The summed E-state index contributed by atoms with van der Waals surface area (Å²) in [6, 6.07) is 6.82. The van der Waals surface area contributed by atoms with Crippen LogP contribution in [-0.4, -0.2) is 41.1 Å². The summed E-state index contributed by atoms with van der Waals surface area (Å²) >= 11 is 0. The lowest BCUT2D eigenvalue weighted by Crippen LogP contribution is -2.36. The molecular weight excluding hydrogens is 270 g/mol. The second kappa shape index (κ2) is 6.13. The molecule has 1 saturated heterocycles. The molecule has 0 aromatic heterocycles. The quantitative estimate of drug-likeness (QED) is 0.866. The first-order chi connectivity index (χ1) is 9.90. The Morgan fingerprint density at radius 3 is 2.67 bits per heavy atom. The first-order valence-corrected chi connectivity index (χ1v) is 7.05. The summed E-state index contributed by atoms with van der Waals surface area (Å²) in [5.41, 5.74) is 7.37. The molecule has 114 valence electrons. The van der Waals surface area contributed by atoms with Crippen molar-refractivity contribution in [2.75, 3.05) is 18.0 Å². The highest BCUT2D eigenvalue weighted by Gasteiger charge is 2.31. The van der Waals surface area contributed by atoms with Gasteiger partial charge in [0, 0.05) is 30.9 Å². The molecule has 0 bridgehead atoms. The van der Waals surface area contributed by atoms with E-state index in [9.17, 15) is 9.59 Å². The first kappa shape index (κ1) is 15.3. The van der Waals surface area contributed by atoms with E-state index in [1.165, 1.54) is 0 Å². The Kier molecular flexibility index (Phi) is 4.47. The van der Waals surface area contributed by atoms with Gasteiger partial charge in [-0.2, -0.15) is 0 Å². The zero-order valence-corrected chi connectivity index (χ0v) is 12.3. The maximum absolute atomic E-state index is 12.3. The van der Waals surface area contributed by atoms with Gasteiger partial charge in [-0.3, -0.25) is 9.69 Å². The number of urea groups is 1. The largest absolute Gasteiger partial charge is 0.481 e. The summed E-state index contributed by atoms with van der Waals surface area (Å²) in [7, 11) is 0. The number of hydrogen-bond donors (Lipinski definition) is 2. The summed E-state index contributed by atoms with van der Waals surface area (Å²) in [5.74, 6) is -0.934. The Hall–Kier alpha value is -2.08. The third-order valence-electron chi connectivity index (χ3n) is 3.67. The van der Waals surface area contributed by atoms with E-state index >= 15 is 0 Å². The molecule has 2 amide bonds. The standard InChI is InChI=1S/C15H21N3O3/c1-10(2)17-6-7-18(15(17)21)12-5-3-4-11(8-12)13(16)9-14(19)20/h3-5,8,10,13H,6-7,9,16H2,1-2H3,(H,19,20). The molecule has 0 radical (unpaired) electrons. The Morgan fingerprint density at radius 1 is 1.38 bits per heavy atom. The average Bonchev–Trinajstić information content (AvgIpc) is 2.80. The van der Waals surface area contributed by atoms with Crippen molar-refractivity contribution in [1.82, 2.24) is 4.90 Å². The molecule has 6 heteroatoms. The third-order valence-corrected chi connectivity index (χ3v) is 3.67. The van der Waals surface area contributed by atoms with Crippen LogP contribution in [-0.2, 0) is 4.79 Å². The molecule has 1 aromatic carbocycles. The highest BCUT2D eigenvalue weighted by atomic mass is 16.4. The average molecular weight is 291 g/mol. The molecule has 0 spiro atoms. The van der Waals surface area contributed by atoms with Gasteiger partial charge < -0.3 is 15.7 Å². The second-order valence-corrected chi connectivity index (χ2v) is 5.52. The molecule has 1 aliphatic rings. The van der Waals surface area contributed by atoms with Crippen molar-refractivity contribution in [3.8, 4) is 0 Å². The number of anilines is 1. The normalized spacial score (nSPS) is 16.7. The molecule has 1 aromatic rings. The van der Waals surface area contributed by atoms with Gasteiger partial charge in [0.15, 0.2) is 0 Å². The minimum absolute atomic E-state index is 0.0195. The van der Waals surface area contributed by atoms with Gasteiger partial charge in [0.05, 0.1) is 6.42 Å². The lowest BCUT2D eigenvalue weighted by atomic mass is 10.0. The number of carboxylic acids is 1. The Morgan fingerprint density at radius 2 is 2.10 bits per heavy atom. The van der Waals surface area contributed by atoms with Crippen molar-refractivity contribution in [2.45, 2.75) is 32.4 Å². The fourth-order valence-corrected chi connectivity index (χ4v) is 2.50. The summed E-state index contributed by atoms with van der Waals surface area (Å²) in [4.78, 5) is 26.6. The van der Waals surface area contributed by atoms with Crippen molar-refractivity contribution < 1.29 is 14.7 Å². The molecule has 0 aliphatic carbocycles. The van der Waals surface area contributed by atoms with Gasteiger partial charge >= 0.3 is 12.0 Å². The zero-order valence-electron chi connectivity index (χ0n) is 12.3. The topological polar surface area (TPSA) is 86.9 Å². The van der Waals surface area contributed by atoms with E-state index < -0.39 is 12.0 Å². The number of carbonyl (C=O) groups is 2. The van der Waals surface area contributed by atoms with Gasteiger partial charge in [0.1, 0.15) is 0 Å². The van der Waals surface area contributed by atoms with E-state index in [2.05, 4.69) is 0 Å². The monoisotopic (exact) mass is 291 g/mol. The number of amides is 2. The number of nitrogens with two attached hydrogens (primary N) is 1. The molecule has 1 unspecified atom stereocenters. The number of carboxylic acid groups (broad SMARTS) is 1. The predicted molar refractivity (Wildman–Crippen MR) is 80.2 cm³/mol. The number of carbonyl (C=O) groups excluding carboxylic acids is 1. The van der Waals surface area contributed by atoms with Gasteiger partial charge in [0.25, 0.3) is 0 Å². The first-order valence-electron chi connectivity index (χ1n) is 7.05. The van der Waals surface area contributed by atoms with E-state index in [1.54, 1.807) is 23.1 Å². The molecule has 1 aliphatic heterocycles. The van der Waals surface area contributed by atoms with Crippen LogP contribution in [0.15, 0.2) is 24.3 Å². The van der Waals surface area contributed by atoms with Crippen molar-refractivity contribution in [1.29, 1.82) is 0 Å². The molecule has 0 saturated carbocycles. The van der Waals surface area contributed by atoms with Crippen molar-refractivity contribution in [2.24, 2.45) is 5.73 Å². The van der Waals surface area contributed by atoms with Crippen molar-refractivity contribution >= 4 is 17.7 Å². The van der Waals surface area contributed by atoms with Gasteiger partial charge in [-0.1, -0.05) is 12.1 Å². The number of nitrogens with zero attached hydrogens (tertiary/aromatic N) is 2. The zero-order chi connectivity index (χ0) is 15.6. The SMILES string of the molecule is CC(C)N1CCN(c2cccc(C(N)CC(=O)O)c2)C1=O. The molecule has 3 N–H and O–H groups in total. The number of rotatable bonds is 5. The molecule has 2 rings (SSSR count). The molecule has 1 heterocycles. The van der Waals surface area contributed by atoms with Gasteiger partial charge in [-0.15, -0.1) is 0 Å². The summed E-state index contributed by atoms with van der Waals surface area (Å²) in [6.07, 6.45) is -0.129.